The summed E-state index contributed by atoms with van der Waals surface area (Å²) in [7, 11) is 1.82. The molecule has 0 fully saturated rings. The highest BCUT2D eigenvalue weighted by Gasteiger charge is 2.12. The summed E-state index contributed by atoms with van der Waals surface area (Å²) in [4.78, 5) is 12.1. The van der Waals surface area contributed by atoms with Gasteiger partial charge in [0.2, 0.25) is 0 Å². The van der Waals surface area contributed by atoms with Crippen molar-refractivity contribution in [1.82, 2.24) is 15.1 Å². The van der Waals surface area contributed by atoms with Crippen LogP contribution in [-0.4, -0.2) is 15.7 Å². The normalized spacial score (nSPS) is 10.6. The fourth-order valence-electron chi connectivity index (χ4n) is 2.08. The lowest BCUT2D eigenvalue weighted by Gasteiger charge is -2.04. The van der Waals surface area contributed by atoms with E-state index in [9.17, 15) is 4.79 Å². The number of nitrogens with zero attached hydrogens (tertiary/aromatic N) is 2. The maximum atomic E-state index is 12.1. The van der Waals surface area contributed by atoms with Crippen molar-refractivity contribution in [1.29, 1.82) is 0 Å². The van der Waals surface area contributed by atoms with Gasteiger partial charge in [-0.15, -0.1) is 0 Å². The Balaban J connectivity index is 1.52. The van der Waals surface area contributed by atoms with Crippen molar-refractivity contribution in [2.75, 3.05) is 0 Å². The highest BCUT2D eigenvalue weighted by Crippen LogP contribution is 2.17. The first-order valence-electron chi connectivity index (χ1n) is 7.34. The molecule has 3 rings (SSSR count). The Morgan fingerprint density at radius 1 is 1.25 bits per heavy atom. The molecular formula is C17H16ClN3O3. The number of hydrogen-bond donors (Lipinski definition) is 1. The molecule has 0 radical (unpaired) electrons. The zero-order valence-electron chi connectivity index (χ0n) is 13.0. The Morgan fingerprint density at radius 2 is 2.04 bits per heavy atom. The van der Waals surface area contributed by atoms with Crippen LogP contribution in [0.15, 0.2) is 53.1 Å². The molecule has 1 N–H and O–H groups in total. The molecule has 7 heteroatoms. The van der Waals surface area contributed by atoms with E-state index in [1.807, 2.05) is 19.3 Å². The molecule has 0 unspecified atom stereocenters. The van der Waals surface area contributed by atoms with E-state index in [4.69, 9.17) is 20.8 Å². The third-order valence-electron chi connectivity index (χ3n) is 3.28. The standard InChI is InChI=1S/C17H16ClN3O3/c1-21-9-8-13(20-21)10-19-17(22)16-7-6-15(24-16)11-23-14-4-2-12(18)3-5-14/h2-9H,10-11H2,1H3,(H,19,22). The highest BCUT2D eigenvalue weighted by atomic mass is 35.5. The summed E-state index contributed by atoms with van der Waals surface area (Å²) in [5.41, 5.74) is 0.781. The Hall–Kier alpha value is -2.73. The number of amides is 1. The van der Waals surface area contributed by atoms with Crippen LogP contribution in [0, 0.1) is 0 Å². The number of carbonyl (C=O) groups is 1. The van der Waals surface area contributed by atoms with Crippen molar-refractivity contribution in [2.24, 2.45) is 7.05 Å². The van der Waals surface area contributed by atoms with Gasteiger partial charge < -0.3 is 14.5 Å². The lowest BCUT2D eigenvalue weighted by atomic mass is 10.3. The van der Waals surface area contributed by atoms with Gasteiger partial charge in [-0.1, -0.05) is 11.6 Å². The Bertz CT molecular complexity index is 824. The maximum Gasteiger partial charge on any atom is 0.287 e. The zero-order valence-corrected chi connectivity index (χ0v) is 13.8. The van der Waals surface area contributed by atoms with Crippen LogP contribution in [0.5, 0.6) is 5.75 Å². The molecule has 1 amide bonds. The molecule has 2 aromatic heterocycles. The Morgan fingerprint density at radius 3 is 2.75 bits per heavy atom. The molecule has 0 saturated carbocycles. The van der Waals surface area contributed by atoms with Crippen LogP contribution < -0.4 is 10.1 Å². The van der Waals surface area contributed by atoms with Crippen LogP contribution in [0.2, 0.25) is 5.02 Å². The smallest absolute Gasteiger partial charge is 0.287 e. The number of benzene rings is 1. The summed E-state index contributed by atoms with van der Waals surface area (Å²) in [6.45, 7) is 0.576. The number of ether oxygens (including phenoxy) is 1. The minimum atomic E-state index is -0.293. The van der Waals surface area contributed by atoms with Gasteiger partial charge in [0, 0.05) is 18.3 Å². The van der Waals surface area contributed by atoms with E-state index in [-0.39, 0.29) is 18.3 Å². The molecule has 0 atom stereocenters. The number of nitrogens with one attached hydrogen (secondary N) is 1. The lowest BCUT2D eigenvalue weighted by Crippen LogP contribution is -2.22. The van der Waals surface area contributed by atoms with Gasteiger partial charge in [0.25, 0.3) is 5.91 Å². The number of carbonyl (C=O) groups excluding carboxylic acids is 1. The number of halogens is 1. The average Bonchev–Trinajstić information content (AvgIpc) is 3.21. The van der Waals surface area contributed by atoms with Crippen LogP contribution >= 0.6 is 11.6 Å². The maximum absolute atomic E-state index is 12.1. The first-order chi connectivity index (χ1) is 11.6. The Kier molecular flexibility index (Phi) is 4.86. The molecule has 1 aromatic carbocycles. The minimum Gasteiger partial charge on any atom is -0.486 e. The summed E-state index contributed by atoms with van der Waals surface area (Å²) in [6, 6.07) is 12.2. The van der Waals surface area contributed by atoms with Crippen LogP contribution in [0.4, 0.5) is 0 Å². The Labute approximate surface area is 144 Å². The first kappa shape index (κ1) is 16.1. The van der Waals surface area contributed by atoms with Gasteiger partial charge in [0.15, 0.2) is 5.76 Å². The van der Waals surface area contributed by atoms with E-state index in [0.29, 0.717) is 23.1 Å². The SMILES string of the molecule is Cn1ccc(CNC(=O)c2ccc(COc3ccc(Cl)cc3)o2)n1. The van der Waals surface area contributed by atoms with Crippen molar-refractivity contribution in [2.45, 2.75) is 13.2 Å². The molecule has 6 nitrogen and oxygen atoms in total. The number of rotatable bonds is 6. The number of aryl methyl sites for hydroxylation is 1. The van der Waals surface area contributed by atoms with Crippen molar-refractivity contribution < 1.29 is 13.9 Å². The van der Waals surface area contributed by atoms with E-state index in [1.165, 1.54) is 0 Å². The van der Waals surface area contributed by atoms with Gasteiger partial charge in [-0.3, -0.25) is 9.48 Å². The average molecular weight is 346 g/mol. The van der Waals surface area contributed by atoms with E-state index in [2.05, 4.69) is 10.4 Å². The molecule has 24 heavy (non-hydrogen) atoms. The van der Waals surface area contributed by atoms with E-state index in [0.717, 1.165) is 5.69 Å². The fraction of sp³-hybridized carbons (Fsp3) is 0.176. The molecule has 0 aliphatic carbocycles. The van der Waals surface area contributed by atoms with Crippen LogP contribution in [0.25, 0.3) is 0 Å². The summed E-state index contributed by atoms with van der Waals surface area (Å²) < 4.78 is 12.8. The molecular weight excluding hydrogens is 330 g/mol. The fourth-order valence-corrected chi connectivity index (χ4v) is 2.20. The summed E-state index contributed by atoms with van der Waals surface area (Å²) in [5, 5.41) is 7.60. The van der Waals surface area contributed by atoms with E-state index < -0.39 is 0 Å². The van der Waals surface area contributed by atoms with Gasteiger partial charge in [-0.05, 0) is 42.5 Å². The summed E-state index contributed by atoms with van der Waals surface area (Å²) >= 11 is 5.82. The second-order valence-electron chi connectivity index (χ2n) is 5.17. The molecule has 0 bridgehead atoms. The molecule has 3 aromatic rings. The quantitative estimate of drug-likeness (QED) is 0.745. The summed E-state index contributed by atoms with van der Waals surface area (Å²) in [6.07, 6.45) is 1.82. The van der Waals surface area contributed by atoms with Gasteiger partial charge in [-0.2, -0.15) is 5.10 Å². The van der Waals surface area contributed by atoms with Crippen molar-refractivity contribution >= 4 is 17.5 Å². The molecule has 124 valence electrons. The molecule has 0 aliphatic heterocycles. The second kappa shape index (κ2) is 7.23. The largest absolute Gasteiger partial charge is 0.486 e. The van der Waals surface area contributed by atoms with Crippen LogP contribution in [-0.2, 0) is 20.2 Å². The first-order valence-corrected chi connectivity index (χ1v) is 7.72. The molecule has 0 saturated heterocycles. The van der Waals surface area contributed by atoms with E-state index in [1.54, 1.807) is 41.1 Å². The third kappa shape index (κ3) is 4.17. The number of aromatic nitrogens is 2. The predicted molar refractivity (Wildman–Crippen MR) is 88.9 cm³/mol. The molecule has 0 aliphatic rings. The minimum absolute atomic E-state index is 0.231. The number of hydrogen-bond acceptors (Lipinski definition) is 4. The highest BCUT2D eigenvalue weighted by molar-refractivity contribution is 6.30. The second-order valence-corrected chi connectivity index (χ2v) is 5.61. The van der Waals surface area contributed by atoms with Crippen molar-refractivity contribution in [3.05, 3.63) is 70.9 Å². The van der Waals surface area contributed by atoms with Crippen molar-refractivity contribution in [3.8, 4) is 5.75 Å². The lowest BCUT2D eigenvalue weighted by molar-refractivity contribution is 0.0918. The molecule has 0 spiro atoms. The monoisotopic (exact) mass is 345 g/mol. The van der Waals surface area contributed by atoms with Gasteiger partial charge >= 0.3 is 0 Å². The van der Waals surface area contributed by atoms with Crippen LogP contribution in [0.3, 0.4) is 0 Å². The van der Waals surface area contributed by atoms with Crippen LogP contribution in [0.1, 0.15) is 22.0 Å². The zero-order chi connectivity index (χ0) is 16.9. The topological polar surface area (TPSA) is 69.3 Å². The predicted octanol–water partition coefficient (Wildman–Crippen LogP) is 3.18. The van der Waals surface area contributed by atoms with E-state index >= 15 is 0 Å². The molecule has 2 heterocycles. The van der Waals surface area contributed by atoms with Gasteiger partial charge in [-0.25, -0.2) is 0 Å². The van der Waals surface area contributed by atoms with Gasteiger partial charge in [0.05, 0.1) is 12.2 Å². The van der Waals surface area contributed by atoms with Crippen molar-refractivity contribution in [3.63, 3.8) is 0 Å². The third-order valence-corrected chi connectivity index (χ3v) is 3.53. The number of furan rings is 1. The summed E-state index contributed by atoms with van der Waals surface area (Å²) in [5.74, 6) is 1.18. The van der Waals surface area contributed by atoms with Gasteiger partial charge in [0.1, 0.15) is 18.1 Å².